The molecule has 1 amide bonds. The first-order valence-corrected chi connectivity index (χ1v) is 10.6. The number of nitrogens with zero attached hydrogens (tertiary/aromatic N) is 4. The highest BCUT2D eigenvalue weighted by molar-refractivity contribution is 6.30. The molecule has 2 heterocycles. The normalized spacial score (nSPS) is 14.1. The van der Waals surface area contributed by atoms with E-state index in [4.69, 9.17) is 16.6 Å². The molecule has 4 rings (SSSR count). The summed E-state index contributed by atoms with van der Waals surface area (Å²) in [5.74, 6) is 1.83. The van der Waals surface area contributed by atoms with E-state index < -0.39 is 0 Å². The highest BCUT2D eigenvalue weighted by atomic mass is 35.5. The maximum atomic E-state index is 12.8. The van der Waals surface area contributed by atoms with Gasteiger partial charge in [-0.25, -0.2) is 9.97 Å². The molecule has 0 atom stereocenters. The molecule has 0 radical (unpaired) electrons. The van der Waals surface area contributed by atoms with Crippen molar-refractivity contribution in [2.45, 2.75) is 20.3 Å². The first kappa shape index (κ1) is 20.4. The summed E-state index contributed by atoms with van der Waals surface area (Å²) in [6, 6.07) is 17.4. The topological polar surface area (TPSA) is 49.3 Å². The molecule has 0 spiro atoms. The summed E-state index contributed by atoms with van der Waals surface area (Å²) in [5, 5.41) is 0.732. The molecular formula is C24H25ClN4O. The van der Waals surface area contributed by atoms with Crippen LogP contribution in [0.15, 0.2) is 54.6 Å². The Kier molecular flexibility index (Phi) is 6.00. The van der Waals surface area contributed by atoms with Crippen LogP contribution >= 0.6 is 11.6 Å². The lowest BCUT2D eigenvalue weighted by molar-refractivity contribution is 0.0746. The minimum atomic E-state index is 0.0895. The van der Waals surface area contributed by atoms with E-state index in [1.54, 1.807) is 0 Å². The lowest BCUT2D eigenvalue weighted by Crippen LogP contribution is -2.49. The molecule has 2 aromatic carbocycles. The van der Waals surface area contributed by atoms with Gasteiger partial charge in [-0.1, -0.05) is 41.9 Å². The monoisotopic (exact) mass is 420 g/mol. The van der Waals surface area contributed by atoms with Crippen molar-refractivity contribution in [3.63, 3.8) is 0 Å². The molecule has 0 aliphatic carbocycles. The second-order valence-electron chi connectivity index (χ2n) is 7.61. The maximum Gasteiger partial charge on any atom is 0.253 e. The van der Waals surface area contributed by atoms with Gasteiger partial charge < -0.3 is 9.80 Å². The number of aryl methyl sites for hydroxylation is 2. The molecule has 0 unspecified atom stereocenters. The van der Waals surface area contributed by atoms with E-state index in [2.05, 4.69) is 9.88 Å². The molecule has 1 saturated heterocycles. The molecule has 1 aliphatic heterocycles. The summed E-state index contributed by atoms with van der Waals surface area (Å²) in [4.78, 5) is 26.3. The van der Waals surface area contributed by atoms with Crippen LogP contribution in [-0.2, 0) is 6.42 Å². The Balaban J connectivity index is 1.53. The number of hydrogen-bond donors (Lipinski definition) is 0. The molecule has 154 valence electrons. The zero-order valence-electron chi connectivity index (χ0n) is 17.3. The number of benzene rings is 2. The van der Waals surface area contributed by atoms with Gasteiger partial charge in [0, 0.05) is 54.4 Å². The smallest absolute Gasteiger partial charge is 0.253 e. The molecule has 0 bridgehead atoms. The number of halogens is 1. The van der Waals surface area contributed by atoms with E-state index in [9.17, 15) is 4.79 Å². The van der Waals surface area contributed by atoms with Crippen molar-refractivity contribution < 1.29 is 4.79 Å². The Morgan fingerprint density at radius 1 is 0.933 bits per heavy atom. The minimum Gasteiger partial charge on any atom is -0.353 e. The number of anilines is 1. The van der Waals surface area contributed by atoms with Gasteiger partial charge in [0.1, 0.15) is 11.6 Å². The molecule has 1 fully saturated rings. The molecule has 1 aliphatic rings. The standard InChI is InChI=1S/C24H25ClN4O/c1-17-22(16-19-8-10-21(25)11-9-19)23(27-18(2)26-17)28-12-14-29(15-13-28)24(30)20-6-4-3-5-7-20/h3-11H,12-16H2,1-2H3. The molecular weight excluding hydrogens is 396 g/mol. The van der Waals surface area contributed by atoms with Gasteiger partial charge in [-0.2, -0.15) is 0 Å². The van der Waals surface area contributed by atoms with Crippen molar-refractivity contribution in [3.8, 4) is 0 Å². The van der Waals surface area contributed by atoms with E-state index >= 15 is 0 Å². The summed E-state index contributed by atoms with van der Waals surface area (Å²) in [5.41, 5.74) is 4.04. The quantitative estimate of drug-likeness (QED) is 0.631. The van der Waals surface area contributed by atoms with E-state index in [0.717, 1.165) is 53.0 Å². The largest absolute Gasteiger partial charge is 0.353 e. The highest BCUT2D eigenvalue weighted by Gasteiger charge is 2.25. The second-order valence-corrected chi connectivity index (χ2v) is 8.04. The number of amides is 1. The summed E-state index contributed by atoms with van der Waals surface area (Å²) in [7, 11) is 0. The van der Waals surface area contributed by atoms with Crippen LogP contribution in [0, 0.1) is 13.8 Å². The van der Waals surface area contributed by atoms with Crippen LogP contribution in [0.3, 0.4) is 0 Å². The van der Waals surface area contributed by atoms with Crippen LogP contribution in [-0.4, -0.2) is 47.0 Å². The molecule has 1 aromatic heterocycles. The van der Waals surface area contributed by atoms with Crippen LogP contribution in [0.4, 0.5) is 5.82 Å². The van der Waals surface area contributed by atoms with Crippen LogP contribution in [0.25, 0.3) is 0 Å². The van der Waals surface area contributed by atoms with Crippen LogP contribution in [0.2, 0.25) is 5.02 Å². The number of carbonyl (C=O) groups is 1. The van der Waals surface area contributed by atoms with Crippen LogP contribution in [0.5, 0.6) is 0 Å². The van der Waals surface area contributed by atoms with Gasteiger partial charge in [0.25, 0.3) is 5.91 Å². The van der Waals surface area contributed by atoms with E-state index in [-0.39, 0.29) is 5.91 Å². The van der Waals surface area contributed by atoms with E-state index in [1.807, 2.05) is 73.3 Å². The first-order chi connectivity index (χ1) is 14.5. The lowest BCUT2D eigenvalue weighted by atomic mass is 10.0. The number of piperazine rings is 1. The third-order valence-corrected chi connectivity index (χ3v) is 5.74. The molecule has 30 heavy (non-hydrogen) atoms. The Hall–Kier alpha value is -2.92. The van der Waals surface area contributed by atoms with Crippen molar-refractivity contribution >= 4 is 23.3 Å². The fourth-order valence-corrected chi connectivity index (χ4v) is 4.00. The fourth-order valence-electron chi connectivity index (χ4n) is 3.88. The summed E-state index contributed by atoms with van der Waals surface area (Å²) in [6.45, 7) is 6.83. The molecule has 0 N–H and O–H groups in total. The Morgan fingerprint density at radius 2 is 1.60 bits per heavy atom. The zero-order valence-corrected chi connectivity index (χ0v) is 18.1. The Morgan fingerprint density at radius 3 is 2.27 bits per heavy atom. The average molecular weight is 421 g/mol. The summed E-state index contributed by atoms with van der Waals surface area (Å²) < 4.78 is 0. The van der Waals surface area contributed by atoms with Gasteiger partial charge in [0.15, 0.2) is 0 Å². The van der Waals surface area contributed by atoms with E-state index in [0.29, 0.717) is 13.1 Å². The van der Waals surface area contributed by atoms with E-state index in [1.165, 1.54) is 5.56 Å². The third kappa shape index (κ3) is 4.46. The van der Waals surface area contributed by atoms with Crippen molar-refractivity contribution in [2.75, 3.05) is 31.1 Å². The Labute approximate surface area is 182 Å². The summed E-state index contributed by atoms with van der Waals surface area (Å²) in [6.07, 6.45) is 0.752. The molecule has 3 aromatic rings. The molecule has 5 nitrogen and oxygen atoms in total. The van der Waals surface area contributed by atoms with Crippen molar-refractivity contribution in [2.24, 2.45) is 0 Å². The van der Waals surface area contributed by atoms with Crippen molar-refractivity contribution in [1.82, 2.24) is 14.9 Å². The number of carbonyl (C=O) groups excluding carboxylic acids is 1. The van der Waals surface area contributed by atoms with Crippen molar-refractivity contribution in [3.05, 3.63) is 87.8 Å². The van der Waals surface area contributed by atoms with Gasteiger partial charge in [0.2, 0.25) is 0 Å². The Bertz CT molecular complexity index is 1030. The van der Waals surface area contributed by atoms with Gasteiger partial charge in [0.05, 0.1) is 0 Å². The maximum absolute atomic E-state index is 12.8. The number of rotatable bonds is 4. The van der Waals surface area contributed by atoms with Gasteiger partial charge in [-0.3, -0.25) is 4.79 Å². The van der Waals surface area contributed by atoms with Crippen LogP contribution < -0.4 is 4.90 Å². The van der Waals surface area contributed by atoms with Crippen LogP contribution in [0.1, 0.15) is 33.0 Å². The first-order valence-electron chi connectivity index (χ1n) is 10.2. The fraction of sp³-hybridized carbons (Fsp3) is 0.292. The predicted octanol–water partition coefficient (Wildman–Crippen LogP) is 4.30. The van der Waals surface area contributed by atoms with Gasteiger partial charge in [-0.05, 0) is 43.7 Å². The van der Waals surface area contributed by atoms with Gasteiger partial charge >= 0.3 is 0 Å². The second kappa shape index (κ2) is 8.84. The lowest BCUT2D eigenvalue weighted by Gasteiger charge is -2.36. The number of aromatic nitrogens is 2. The summed E-state index contributed by atoms with van der Waals surface area (Å²) >= 11 is 6.04. The minimum absolute atomic E-state index is 0.0895. The zero-order chi connectivity index (χ0) is 21.1. The highest BCUT2D eigenvalue weighted by Crippen LogP contribution is 2.26. The molecule has 0 saturated carbocycles. The predicted molar refractivity (Wildman–Crippen MR) is 120 cm³/mol. The molecule has 6 heteroatoms. The number of hydrogen-bond acceptors (Lipinski definition) is 4. The average Bonchev–Trinajstić information content (AvgIpc) is 2.77. The third-order valence-electron chi connectivity index (χ3n) is 5.49. The SMILES string of the molecule is Cc1nc(C)c(Cc2ccc(Cl)cc2)c(N2CCN(C(=O)c3ccccc3)CC2)n1. The van der Waals surface area contributed by atoms with Gasteiger partial charge in [-0.15, -0.1) is 0 Å². The van der Waals surface area contributed by atoms with Crippen molar-refractivity contribution in [1.29, 1.82) is 0 Å².